The molecule has 188 valence electrons. The third kappa shape index (κ3) is 4.42. The summed E-state index contributed by atoms with van der Waals surface area (Å²) in [5.41, 5.74) is 8.65. The Morgan fingerprint density at radius 1 is 0.872 bits per heavy atom. The molecule has 1 aliphatic rings. The first-order valence-electron chi connectivity index (χ1n) is 11.8. The van der Waals surface area contributed by atoms with E-state index in [1.807, 2.05) is 25.1 Å². The second-order valence-corrected chi connectivity index (χ2v) is 9.81. The fraction of sp³-hybridized carbons (Fsp3) is 0.0667. The second kappa shape index (κ2) is 10.3. The normalized spacial score (nSPS) is 12.9. The molecule has 1 atom stereocenters. The SMILES string of the molecule is Cc1ccc(-c2c(C#N)c(N)nc(SC(C(=O)c3ccccc3)N3C(=O)c4ccccc4C3=O)c2C#N)cc1. The van der Waals surface area contributed by atoms with Crippen molar-refractivity contribution in [3.05, 3.63) is 112 Å². The molecule has 39 heavy (non-hydrogen) atoms. The summed E-state index contributed by atoms with van der Waals surface area (Å²) in [5.74, 6) is -1.92. The number of nitrogen functional groups attached to an aromatic ring is 1. The van der Waals surface area contributed by atoms with E-state index in [1.54, 1.807) is 54.6 Å². The van der Waals surface area contributed by atoms with E-state index < -0.39 is 23.0 Å². The molecule has 0 aliphatic carbocycles. The van der Waals surface area contributed by atoms with Crippen molar-refractivity contribution in [1.29, 1.82) is 10.5 Å². The Morgan fingerprint density at radius 2 is 1.44 bits per heavy atom. The van der Waals surface area contributed by atoms with E-state index in [1.165, 1.54) is 12.1 Å². The average Bonchev–Trinajstić information content (AvgIpc) is 3.21. The van der Waals surface area contributed by atoms with E-state index in [0.717, 1.165) is 22.2 Å². The molecule has 1 unspecified atom stereocenters. The summed E-state index contributed by atoms with van der Waals surface area (Å²) in [6.07, 6.45) is 0. The first-order chi connectivity index (χ1) is 18.8. The highest BCUT2D eigenvalue weighted by atomic mass is 32.2. The zero-order valence-electron chi connectivity index (χ0n) is 20.6. The summed E-state index contributed by atoms with van der Waals surface area (Å²) in [7, 11) is 0. The van der Waals surface area contributed by atoms with Crippen molar-refractivity contribution in [3.63, 3.8) is 0 Å². The number of nitrogens with zero attached hydrogens (tertiary/aromatic N) is 4. The van der Waals surface area contributed by atoms with Crippen LogP contribution in [0.25, 0.3) is 11.1 Å². The molecule has 5 rings (SSSR count). The topological polar surface area (TPSA) is 141 Å². The number of aromatic nitrogens is 1. The lowest BCUT2D eigenvalue weighted by Gasteiger charge is -2.25. The van der Waals surface area contributed by atoms with Gasteiger partial charge in [0.2, 0.25) is 0 Å². The van der Waals surface area contributed by atoms with Gasteiger partial charge in [0.25, 0.3) is 11.8 Å². The van der Waals surface area contributed by atoms with Crippen molar-refractivity contribution < 1.29 is 14.4 Å². The van der Waals surface area contributed by atoms with E-state index in [-0.39, 0.29) is 44.2 Å². The smallest absolute Gasteiger partial charge is 0.262 e. The maximum absolute atomic E-state index is 13.8. The lowest BCUT2D eigenvalue weighted by molar-refractivity contribution is 0.0602. The van der Waals surface area contributed by atoms with Crippen LogP contribution in [0.2, 0.25) is 0 Å². The van der Waals surface area contributed by atoms with Crippen molar-refractivity contribution >= 4 is 35.2 Å². The number of Topliss-reactive ketones (excluding diaryl/α,β-unsaturated/α-hetero) is 1. The lowest BCUT2D eigenvalue weighted by Crippen LogP contribution is -2.43. The van der Waals surface area contributed by atoms with Gasteiger partial charge in [-0.1, -0.05) is 84.1 Å². The Labute approximate surface area is 228 Å². The number of nitriles is 2. The van der Waals surface area contributed by atoms with Crippen molar-refractivity contribution in [3.8, 4) is 23.3 Å². The minimum atomic E-state index is -1.39. The molecule has 4 aromatic rings. The summed E-state index contributed by atoms with van der Waals surface area (Å²) < 4.78 is 0. The van der Waals surface area contributed by atoms with Crippen molar-refractivity contribution in [2.24, 2.45) is 0 Å². The summed E-state index contributed by atoms with van der Waals surface area (Å²) in [6, 6.07) is 25.9. The van der Waals surface area contributed by atoms with Crippen LogP contribution in [0.3, 0.4) is 0 Å². The Hall–Kier alpha value is -5.25. The maximum atomic E-state index is 13.8. The van der Waals surface area contributed by atoms with Gasteiger partial charge in [-0.25, -0.2) is 4.98 Å². The van der Waals surface area contributed by atoms with Gasteiger partial charge in [0.15, 0.2) is 11.2 Å². The number of imide groups is 1. The zero-order valence-corrected chi connectivity index (χ0v) is 21.4. The fourth-order valence-corrected chi connectivity index (χ4v) is 5.56. The van der Waals surface area contributed by atoms with Crippen molar-refractivity contribution in [2.75, 3.05) is 5.73 Å². The van der Waals surface area contributed by atoms with Crippen LogP contribution in [0.4, 0.5) is 5.82 Å². The number of rotatable bonds is 6. The maximum Gasteiger partial charge on any atom is 0.262 e. The number of nitrogens with two attached hydrogens (primary N) is 1. The second-order valence-electron chi connectivity index (χ2n) is 8.74. The number of hydrogen-bond acceptors (Lipinski definition) is 8. The van der Waals surface area contributed by atoms with Gasteiger partial charge >= 0.3 is 0 Å². The van der Waals surface area contributed by atoms with Crippen LogP contribution in [0, 0.1) is 29.6 Å². The number of thioether (sulfide) groups is 1. The van der Waals surface area contributed by atoms with E-state index in [2.05, 4.69) is 11.1 Å². The molecule has 2 N–H and O–H groups in total. The third-order valence-electron chi connectivity index (χ3n) is 6.32. The average molecular weight is 530 g/mol. The van der Waals surface area contributed by atoms with Gasteiger partial charge in [-0.05, 0) is 24.6 Å². The molecule has 1 aliphatic heterocycles. The first-order valence-corrected chi connectivity index (χ1v) is 12.7. The molecule has 0 fully saturated rings. The molecule has 2 amide bonds. The molecule has 9 heteroatoms. The Morgan fingerprint density at radius 3 is 2.00 bits per heavy atom. The van der Waals surface area contributed by atoms with Gasteiger partial charge in [-0.15, -0.1) is 0 Å². The molecule has 3 aromatic carbocycles. The number of carbonyl (C=O) groups excluding carboxylic acids is 3. The molecular weight excluding hydrogens is 510 g/mol. The van der Waals surface area contributed by atoms with Gasteiger partial charge in [-0.3, -0.25) is 19.3 Å². The highest BCUT2D eigenvalue weighted by Gasteiger charge is 2.44. The number of benzene rings is 3. The van der Waals surface area contributed by atoms with Crippen LogP contribution in [0.1, 0.15) is 47.8 Å². The number of hydrogen-bond donors (Lipinski definition) is 1. The van der Waals surface area contributed by atoms with Crippen LogP contribution in [0.5, 0.6) is 0 Å². The number of anilines is 1. The Kier molecular flexibility index (Phi) is 6.68. The van der Waals surface area contributed by atoms with Gasteiger partial charge in [-0.2, -0.15) is 10.5 Å². The fourth-order valence-electron chi connectivity index (χ4n) is 4.39. The number of aryl methyl sites for hydroxylation is 1. The molecule has 0 saturated carbocycles. The number of fused-ring (bicyclic) bond motifs is 1. The summed E-state index contributed by atoms with van der Waals surface area (Å²) in [6.45, 7) is 1.91. The molecular formula is C30H19N5O3S. The number of ketones is 1. The van der Waals surface area contributed by atoms with Gasteiger partial charge < -0.3 is 5.73 Å². The number of amides is 2. The minimum Gasteiger partial charge on any atom is -0.383 e. The van der Waals surface area contributed by atoms with Gasteiger partial charge in [0, 0.05) is 11.1 Å². The lowest BCUT2D eigenvalue weighted by atomic mass is 9.96. The molecule has 0 saturated heterocycles. The third-order valence-corrected chi connectivity index (χ3v) is 7.49. The van der Waals surface area contributed by atoms with E-state index >= 15 is 0 Å². The predicted molar refractivity (Wildman–Crippen MR) is 146 cm³/mol. The molecule has 8 nitrogen and oxygen atoms in total. The Bertz CT molecular complexity index is 1700. The zero-order chi connectivity index (χ0) is 27.7. The van der Waals surface area contributed by atoms with Crippen molar-refractivity contribution in [1.82, 2.24) is 9.88 Å². The number of carbonyl (C=O) groups is 3. The molecule has 1 aromatic heterocycles. The predicted octanol–water partition coefficient (Wildman–Crippen LogP) is 4.98. The minimum absolute atomic E-state index is 0.0112. The summed E-state index contributed by atoms with van der Waals surface area (Å²) in [5, 5.41) is 18.7. The molecule has 0 spiro atoms. The van der Waals surface area contributed by atoms with Crippen molar-refractivity contribution in [2.45, 2.75) is 17.3 Å². The highest BCUT2D eigenvalue weighted by molar-refractivity contribution is 8.00. The van der Waals surface area contributed by atoms with Gasteiger partial charge in [0.1, 0.15) is 28.5 Å². The molecule has 0 radical (unpaired) electrons. The van der Waals surface area contributed by atoms with Crippen LogP contribution < -0.4 is 5.73 Å². The van der Waals surface area contributed by atoms with Crippen LogP contribution in [-0.2, 0) is 0 Å². The molecule has 2 heterocycles. The quantitative estimate of drug-likeness (QED) is 0.209. The van der Waals surface area contributed by atoms with Crippen LogP contribution in [-0.4, -0.2) is 32.9 Å². The first kappa shape index (κ1) is 25.4. The van der Waals surface area contributed by atoms with Crippen LogP contribution >= 0.6 is 11.8 Å². The van der Waals surface area contributed by atoms with Gasteiger partial charge in [0.05, 0.1) is 16.7 Å². The largest absolute Gasteiger partial charge is 0.383 e. The summed E-state index contributed by atoms with van der Waals surface area (Å²) >= 11 is 0.775. The number of pyridine rings is 1. The standard InChI is InChI=1S/C30H19N5O3S/c1-17-11-13-18(14-12-17)24-22(15-31)26(33)34-27(23(24)16-32)39-30(25(36)19-7-3-2-4-8-19)35-28(37)20-9-5-6-10-21(20)29(35)38/h2-14,30H,1H3,(H2,33,34). The van der Waals surface area contributed by atoms with Crippen LogP contribution in [0.15, 0.2) is 83.9 Å². The summed E-state index contributed by atoms with van der Waals surface area (Å²) in [4.78, 5) is 45.8. The van der Waals surface area contributed by atoms with E-state index in [9.17, 15) is 24.9 Å². The highest BCUT2D eigenvalue weighted by Crippen LogP contribution is 2.40. The van der Waals surface area contributed by atoms with E-state index in [0.29, 0.717) is 5.56 Å². The Balaban J connectivity index is 1.68. The molecule has 0 bridgehead atoms. The monoisotopic (exact) mass is 529 g/mol. The van der Waals surface area contributed by atoms with E-state index in [4.69, 9.17) is 5.73 Å².